The average molecular weight is 401 g/mol. The van der Waals surface area contributed by atoms with E-state index in [2.05, 4.69) is 4.98 Å². The van der Waals surface area contributed by atoms with Crippen molar-refractivity contribution in [3.05, 3.63) is 71.7 Å². The molecule has 4 nitrogen and oxygen atoms in total. The molecule has 0 radical (unpaired) electrons. The van der Waals surface area contributed by atoms with Gasteiger partial charge in [0.25, 0.3) is 5.91 Å². The van der Waals surface area contributed by atoms with Crippen LogP contribution in [0.4, 0.5) is 13.2 Å². The van der Waals surface area contributed by atoms with Crippen molar-refractivity contribution in [1.82, 2.24) is 14.3 Å². The van der Waals surface area contributed by atoms with Gasteiger partial charge in [0.15, 0.2) is 0 Å². The lowest BCUT2D eigenvalue weighted by Crippen LogP contribution is -2.40. The lowest BCUT2D eigenvalue weighted by molar-refractivity contribution is -0.137. The molecule has 1 aromatic carbocycles. The number of imidazole rings is 1. The number of halogens is 3. The van der Waals surface area contributed by atoms with Gasteiger partial charge in [-0.15, -0.1) is 0 Å². The minimum Gasteiger partial charge on any atom is -0.337 e. The number of pyridine rings is 1. The molecule has 1 amide bonds. The molecule has 7 heteroatoms. The molecule has 1 aliphatic heterocycles. The fourth-order valence-corrected chi connectivity index (χ4v) is 4.01. The van der Waals surface area contributed by atoms with Gasteiger partial charge in [0, 0.05) is 19.3 Å². The highest BCUT2D eigenvalue weighted by Gasteiger charge is 2.30. The van der Waals surface area contributed by atoms with E-state index in [1.165, 1.54) is 12.1 Å². The number of alkyl halides is 3. The Morgan fingerprint density at radius 1 is 1.17 bits per heavy atom. The van der Waals surface area contributed by atoms with Crippen LogP contribution in [0, 0.1) is 5.92 Å². The van der Waals surface area contributed by atoms with Gasteiger partial charge in [0.1, 0.15) is 11.3 Å². The summed E-state index contributed by atoms with van der Waals surface area (Å²) in [5.41, 5.74) is 1.35. The average Bonchev–Trinajstić information content (AvgIpc) is 3.16. The van der Waals surface area contributed by atoms with E-state index in [0.29, 0.717) is 30.8 Å². The minimum atomic E-state index is -4.32. The fraction of sp³-hybridized carbons (Fsp3) is 0.364. The third-order valence-electron chi connectivity index (χ3n) is 5.54. The Hall–Kier alpha value is -2.83. The van der Waals surface area contributed by atoms with Crippen molar-refractivity contribution in [1.29, 1.82) is 0 Å². The molecule has 0 spiro atoms. The first-order valence-corrected chi connectivity index (χ1v) is 9.79. The van der Waals surface area contributed by atoms with Gasteiger partial charge in [0.05, 0.1) is 11.8 Å². The molecular weight excluding hydrogens is 379 g/mol. The molecule has 3 heterocycles. The summed E-state index contributed by atoms with van der Waals surface area (Å²) in [6, 6.07) is 11.1. The van der Waals surface area contributed by atoms with Crippen LogP contribution in [0.2, 0.25) is 0 Å². The lowest BCUT2D eigenvalue weighted by atomic mass is 9.91. The van der Waals surface area contributed by atoms with E-state index in [-0.39, 0.29) is 11.8 Å². The van der Waals surface area contributed by atoms with Crippen LogP contribution in [0.15, 0.2) is 54.9 Å². The predicted octanol–water partition coefficient (Wildman–Crippen LogP) is 4.84. The van der Waals surface area contributed by atoms with E-state index >= 15 is 0 Å². The maximum absolute atomic E-state index is 13.0. The quantitative estimate of drug-likeness (QED) is 0.628. The van der Waals surface area contributed by atoms with Crippen LogP contribution in [0.5, 0.6) is 0 Å². The van der Waals surface area contributed by atoms with Crippen LogP contribution >= 0.6 is 0 Å². The van der Waals surface area contributed by atoms with Crippen molar-refractivity contribution in [2.45, 2.75) is 31.9 Å². The van der Waals surface area contributed by atoms with Crippen molar-refractivity contribution in [3.63, 3.8) is 0 Å². The molecule has 1 saturated heterocycles. The molecule has 0 bridgehead atoms. The number of likely N-dealkylation sites (tertiary alicyclic amines) is 1. The van der Waals surface area contributed by atoms with Crippen LogP contribution in [-0.2, 0) is 12.6 Å². The number of nitrogens with zero attached hydrogens (tertiary/aromatic N) is 3. The first kappa shape index (κ1) is 19.5. The number of aromatic nitrogens is 2. The maximum Gasteiger partial charge on any atom is 0.416 e. The summed E-state index contributed by atoms with van der Waals surface area (Å²) in [6.45, 7) is 1.32. The minimum absolute atomic E-state index is 0.0486. The molecule has 3 aromatic rings. The number of carbonyl (C=O) groups is 1. The van der Waals surface area contributed by atoms with E-state index in [1.54, 1.807) is 16.7 Å². The number of carbonyl (C=O) groups excluding carboxylic acids is 1. The predicted molar refractivity (Wildman–Crippen MR) is 104 cm³/mol. The highest BCUT2D eigenvalue weighted by atomic mass is 19.4. The number of piperidine rings is 1. The van der Waals surface area contributed by atoms with Crippen LogP contribution in [-0.4, -0.2) is 33.3 Å². The number of fused-ring (bicyclic) bond motifs is 1. The standard InChI is InChI=1S/C22H22F3N3O/c23-22(24,25)18-7-3-5-16(13-18)9-10-17-6-4-11-27(15-17)21(29)19-14-26-20-8-1-2-12-28(19)20/h1-3,5,7-8,12-14,17H,4,6,9-11,15H2/t17-/m0/s1. The van der Waals surface area contributed by atoms with Crippen molar-refractivity contribution >= 4 is 11.6 Å². The highest BCUT2D eigenvalue weighted by Crippen LogP contribution is 2.30. The van der Waals surface area contributed by atoms with Crippen molar-refractivity contribution in [2.24, 2.45) is 5.92 Å². The molecule has 2 aromatic heterocycles. The molecule has 0 unspecified atom stereocenters. The monoisotopic (exact) mass is 401 g/mol. The molecular formula is C22H22F3N3O. The summed E-state index contributed by atoms with van der Waals surface area (Å²) in [5.74, 6) is 0.230. The van der Waals surface area contributed by atoms with Crippen molar-refractivity contribution in [3.8, 4) is 0 Å². The van der Waals surface area contributed by atoms with Crippen LogP contribution < -0.4 is 0 Å². The molecule has 1 atom stereocenters. The number of amides is 1. The first-order valence-electron chi connectivity index (χ1n) is 9.79. The Kier molecular flexibility index (Phi) is 5.30. The molecule has 29 heavy (non-hydrogen) atoms. The zero-order valence-corrected chi connectivity index (χ0v) is 15.9. The van der Waals surface area contributed by atoms with E-state index < -0.39 is 11.7 Å². The van der Waals surface area contributed by atoms with E-state index in [1.807, 2.05) is 29.3 Å². The molecule has 1 fully saturated rings. The number of rotatable bonds is 4. The Bertz CT molecular complexity index is 1010. The fourth-order valence-electron chi connectivity index (χ4n) is 4.01. The molecule has 4 rings (SSSR count). The number of benzene rings is 1. The molecule has 152 valence electrons. The van der Waals surface area contributed by atoms with Gasteiger partial charge in [-0.1, -0.05) is 24.3 Å². The second kappa shape index (κ2) is 7.89. The summed E-state index contributed by atoms with van der Waals surface area (Å²) < 4.78 is 40.5. The van der Waals surface area contributed by atoms with E-state index in [4.69, 9.17) is 0 Å². The van der Waals surface area contributed by atoms with Gasteiger partial charge >= 0.3 is 6.18 Å². The first-order chi connectivity index (χ1) is 13.9. The van der Waals surface area contributed by atoms with Crippen LogP contribution in [0.1, 0.15) is 40.9 Å². The Labute approximate surface area is 167 Å². The van der Waals surface area contributed by atoms with Gasteiger partial charge < -0.3 is 4.90 Å². The largest absolute Gasteiger partial charge is 0.416 e. The van der Waals surface area contributed by atoms with Crippen LogP contribution in [0.3, 0.4) is 0 Å². The lowest BCUT2D eigenvalue weighted by Gasteiger charge is -2.32. The summed E-state index contributed by atoms with van der Waals surface area (Å²) in [5, 5.41) is 0. The highest BCUT2D eigenvalue weighted by molar-refractivity contribution is 5.93. The summed E-state index contributed by atoms with van der Waals surface area (Å²) in [7, 11) is 0. The van der Waals surface area contributed by atoms with Crippen molar-refractivity contribution < 1.29 is 18.0 Å². The Balaban J connectivity index is 1.40. The number of hydrogen-bond donors (Lipinski definition) is 0. The van der Waals surface area contributed by atoms with Gasteiger partial charge in [-0.3, -0.25) is 9.20 Å². The van der Waals surface area contributed by atoms with Gasteiger partial charge in [-0.25, -0.2) is 4.98 Å². The second-order valence-corrected chi connectivity index (χ2v) is 7.57. The van der Waals surface area contributed by atoms with Gasteiger partial charge in [-0.2, -0.15) is 13.2 Å². The smallest absolute Gasteiger partial charge is 0.337 e. The molecule has 1 aliphatic rings. The third-order valence-corrected chi connectivity index (χ3v) is 5.54. The van der Waals surface area contributed by atoms with Gasteiger partial charge in [0.2, 0.25) is 0 Å². The normalized spacial score (nSPS) is 17.6. The van der Waals surface area contributed by atoms with E-state index in [0.717, 1.165) is 31.0 Å². The van der Waals surface area contributed by atoms with Gasteiger partial charge in [-0.05, 0) is 55.4 Å². The zero-order valence-electron chi connectivity index (χ0n) is 15.9. The summed E-state index contributed by atoms with van der Waals surface area (Å²) in [6.07, 6.45) is 2.32. The Morgan fingerprint density at radius 2 is 2.03 bits per heavy atom. The second-order valence-electron chi connectivity index (χ2n) is 7.57. The number of hydrogen-bond acceptors (Lipinski definition) is 2. The topological polar surface area (TPSA) is 37.6 Å². The molecule has 0 saturated carbocycles. The molecule has 0 N–H and O–H groups in total. The van der Waals surface area contributed by atoms with Crippen molar-refractivity contribution in [2.75, 3.05) is 13.1 Å². The number of aryl methyl sites for hydroxylation is 1. The Morgan fingerprint density at radius 3 is 2.86 bits per heavy atom. The molecule has 0 aliphatic carbocycles. The maximum atomic E-state index is 13.0. The summed E-state index contributed by atoms with van der Waals surface area (Å²) >= 11 is 0. The van der Waals surface area contributed by atoms with E-state index in [9.17, 15) is 18.0 Å². The summed E-state index contributed by atoms with van der Waals surface area (Å²) in [4.78, 5) is 19.1. The van der Waals surface area contributed by atoms with Crippen LogP contribution in [0.25, 0.3) is 5.65 Å². The third kappa shape index (κ3) is 4.28. The zero-order chi connectivity index (χ0) is 20.4. The SMILES string of the molecule is O=C(c1cnc2ccccn12)N1CCC[C@@H](CCc2cccc(C(F)(F)F)c2)C1.